The number of likely N-dealkylation sites (tertiary alicyclic amines) is 1. The number of hydrogen-bond acceptors (Lipinski definition) is 2. The molecule has 1 rings (SSSR count). The van der Waals surface area contributed by atoms with Gasteiger partial charge >= 0.3 is 0 Å². The SMILES string of the molecule is C#CCCN1CCCC(=O)C1. The third kappa shape index (κ3) is 2.73. The topological polar surface area (TPSA) is 20.3 Å². The lowest BCUT2D eigenvalue weighted by Crippen LogP contribution is -2.36. The van der Waals surface area contributed by atoms with Crippen molar-refractivity contribution in [2.45, 2.75) is 19.3 Å². The monoisotopic (exact) mass is 151 g/mol. The van der Waals surface area contributed by atoms with Crippen LogP contribution < -0.4 is 0 Å². The van der Waals surface area contributed by atoms with Crippen molar-refractivity contribution < 1.29 is 4.79 Å². The minimum absolute atomic E-state index is 0.355. The zero-order chi connectivity index (χ0) is 8.10. The number of carbonyl (C=O) groups is 1. The number of terminal acetylenes is 1. The summed E-state index contributed by atoms with van der Waals surface area (Å²) < 4.78 is 0. The van der Waals surface area contributed by atoms with Gasteiger partial charge < -0.3 is 0 Å². The molecule has 0 aromatic heterocycles. The highest BCUT2D eigenvalue weighted by molar-refractivity contribution is 5.81. The highest BCUT2D eigenvalue weighted by Gasteiger charge is 2.15. The van der Waals surface area contributed by atoms with Gasteiger partial charge in [0.2, 0.25) is 0 Å². The van der Waals surface area contributed by atoms with Crippen LogP contribution in [-0.2, 0) is 4.79 Å². The summed E-state index contributed by atoms with van der Waals surface area (Å²) in [6.45, 7) is 2.53. The predicted octanol–water partition coefficient (Wildman–Crippen LogP) is 0.675. The van der Waals surface area contributed by atoms with Crippen molar-refractivity contribution in [1.82, 2.24) is 4.90 Å². The van der Waals surface area contributed by atoms with E-state index in [-0.39, 0.29) is 0 Å². The largest absolute Gasteiger partial charge is 0.298 e. The van der Waals surface area contributed by atoms with Gasteiger partial charge in [0.15, 0.2) is 0 Å². The van der Waals surface area contributed by atoms with Crippen molar-refractivity contribution in [3.8, 4) is 12.3 Å². The second-order valence-corrected chi connectivity index (χ2v) is 2.87. The summed E-state index contributed by atoms with van der Waals surface area (Å²) in [5, 5.41) is 0. The van der Waals surface area contributed by atoms with Gasteiger partial charge in [-0.3, -0.25) is 9.69 Å². The Kier molecular flexibility index (Phi) is 3.13. The fraction of sp³-hybridized carbons (Fsp3) is 0.667. The number of hydrogen-bond donors (Lipinski definition) is 0. The second-order valence-electron chi connectivity index (χ2n) is 2.87. The maximum Gasteiger partial charge on any atom is 0.146 e. The molecular formula is C9H13NO. The Morgan fingerprint density at radius 3 is 3.09 bits per heavy atom. The summed E-state index contributed by atoms with van der Waals surface area (Å²) in [4.78, 5) is 13.1. The number of rotatable bonds is 2. The average molecular weight is 151 g/mol. The fourth-order valence-electron chi connectivity index (χ4n) is 1.32. The van der Waals surface area contributed by atoms with E-state index in [0.717, 1.165) is 32.4 Å². The zero-order valence-electron chi connectivity index (χ0n) is 6.68. The maximum absolute atomic E-state index is 10.9. The van der Waals surface area contributed by atoms with Crippen molar-refractivity contribution in [1.29, 1.82) is 0 Å². The molecule has 0 saturated carbocycles. The van der Waals surface area contributed by atoms with E-state index in [1.165, 1.54) is 0 Å². The van der Waals surface area contributed by atoms with Crippen molar-refractivity contribution in [3.05, 3.63) is 0 Å². The molecule has 1 fully saturated rings. The summed E-state index contributed by atoms with van der Waals surface area (Å²) >= 11 is 0. The van der Waals surface area contributed by atoms with Gasteiger partial charge in [-0.1, -0.05) is 0 Å². The van der Waals surface area contributed by atoms with Gasteiger partial charge in [-0.25, -0.2) is 0 Å². The quantitative estimate of drug-likeness (QED) is 0.541. The van der Waals surface area contributed by atoms with E-state index in [4.69, 9.17) is 6.42 Å². The normalized spacial score (nSPS) is 19.7. The molecule has 2 heteroatoms. The third-order valence-electron chi connectivity index (χ3n) is 1.90. The summed E-state index contributed by atoms with van der Waals surface area (Å²) in [6.07, 6.45) is 7.64. The molecule has 0 aliphatic carbocycles. The molecule has 0 radical (unpaired) electrons. The smallest absolute Gasteiger partial charge is 0.146 e. The van der Waals surface area contributed by atoms with E-state index in [2.05, 4.69) is 10.8 Å². The molecule has 1 aliphatic rings. The van der Waals surface area contributed by atoms with Crippen LogP contribution in [0.5, 0.6) is 0 Å². The summed E-state index contributed by atoms with van der Waals surface area (Å²) in [5.41, 5.74) is 0. The molecule has 0 N–H and O–H groups in total. The van der Waals surface area contributed by atoms with Gasteiger partial charge in [-0.2, -0.15) is 0 Å². The van der Waals surface area contributed by atoms with E-state index < -0.39 is 0 Å². The van der Waals surface area contributed by atoms with Gasteiger partial charge in [0, 0.05) is 19.4 Å². The first-order valence-electron chi connectivity index (χ1n) is 4.00. The van der Waals surface area contributed by atoms with E-state index in [0.29, 0.717) is 12.3 Å². The van der Waals surface area contributed by atoms with E-state index in [9.17, 15) is 4.79 Å². The molecule has 0 bridgehead atoms. The zero-order valence-corrected chi connectivity index (χ0v) is 6.68. The lowest BCUT2D eigenvalue weighted by molar-refractivity contribution is -0.122. The molecule has 1 heterocycles. The molecular weight excluding hydrogens is 138 g/mol. The highest BCUT2D eigenvalue weighted by atomic mass is 16.1. The molecule has 0 unspecified atom stereocenters. The predicted molar refractivity (Wildman–Crippen MR) is 44.1 cm³/mol. The number of carbonyl (C=O) groups excluding carboxylic acids is 1. The Labute approximate surface area is 67.6 Å². The molecule has 0 aromatic carbocycles. The summed E-state index contributed by atoms with van der Waals surface area (Å²) in [5.74, 6) is 2.93. The summed E-state index contributed by atoms with van der Waals surface area (Å²) in [7, 11) is 0. The molecule has 2 nitrogen and oxygen atoms in total. The Balaban J connectivity index is 2.24. The molecule has 0 aromatic rings. The molecule has 1 saturated heterocycles. The molecule has 0 spiro atoms. The Morgan fingerprint density at radius 1 is 1.64 bits per heavy atom. The number of piperidine rings is 1. The van der Waals surface area contributed by atoms with Crippen molar-refractivity contribution in [2.75, 3.05) is 19.6 Å². The van der Waals surface area contributed by atoms with Gasteiger partial charge in [-0.05, 0) is 13.0 Å². The first-order chi connectivity index (χ1) is 5.33. The van der Waals surface area contributed by atoms with Crippen molar-refractivity contribution in [2.24, 2.45) is 0 Å². The molecule has 0 amide bonds. The lowest BCUT2D eigenvalue weighted by atomic mass is 10.1. The maximum atomic E-state index is 10.9. The highest BCUT2D eigenvalue weighted by Crippen LogP contribution is 2.05. The first-order valence-corrected chi connectivity index (χ1v) is 4.00. The van der Waals surface area contributed by atoms with E-state index in [1.807, 2.05) is 0 Å². The van der Waals surface area contributed by atoms with Crippen LogP contribution in [0.4, 0.5) is 0 Å². The van der Waals surface area contributed by atoms with Crippen LogP contribution in [0.25, 0.3) is 0 Å². The van der Waals surface area contributed by atoms with Crippen LogP contribution in [0.15, 0.2) is 0 Å². The van der Waals surface area contributed by atoms with Gasteiger partial charge in [0.1, 0.15) is 5.78 Å². The Bertz CT molecular complexity index is 180. The van der Waals surface area contributed by atoms with Crippen molar-refractivity contribution >= 4 is 5.78 Å². The third-order valence-corrected chi connectivity index (χ3v) is 1.90. The standard InChI is InChI=1S/C9H13NO/c1-2-3-6-10-7-4-5-9(11)8-10/h1H,3-8H2. The van der Waals surface area contributed by atoms with Crippen molar-refractivity contribution in [3.63, 3.8) is 0 Å². The van der Waals surface area contributed by atoms with Crippen LogP contribution in [0.2, 0.25) is 0 Å². The molecule has 60 valence electrons. The number of Topliss-reactive ketones (excluding diaryl/α,β-unsaturated/α-hetero) is 1. The van der Waals surface area contributed by atoms with Crippen LogP contribution in [0.3, 0.4) is 0 Å². The van der Waals surface area contributed by atoms with E-state index >= 15 is 0 Å². The number of nitrogens with zero attached hydrogens (tertiary/aromatic N) is 1. The Hall–Kier alpha value is -0.810. The van der Waals surface area contributed by atoms with Crippen LogP contribution in [0, 0.1) is 12.3 Å². The second kappa shape index (κ2) is 4.15. The molecule has 1 aliphatic heterocycles. The summed E-state index contributed by atoms with van der Waals surface area (Å²) in [6, 6.07) is 0. The Morgan fingerprint density at radius 2 is 2.45 bits per heavy atom. The average Bonchev–Trinajstić information content (AvgIpc) is 2.01. The fourth-order valence-corrected chi connectivity index (χ4v) is 1.32. The van der Waals surface area contributed by atoms with Crippen LogP contribution in [0.1, 0.15) is 19.3 Å². The molecule has 0 atom stereocenters. The minimum Gasteiger partial charge on any atom is -0.298 e. The van der Waals surface area contributed by atoms with Gasteiger partial charge in [0.25, 0.3) is 0 Å². The van der Waals surface area contributed by atoms with E-state index in [1.54, 1.807) is 0 Å². The minimum atomic E-state index is 0.355. The number of ketones is 1. The van der Waals surface area contributed by atoms with Crippen LogP contribution >= 0.6 is 0 Å². The molecule has 11 heavy (non-hydrogen) atoms. The first kappa shape index (κ1) is 8.29. The van der Waals surface area contributed by atoms with Gasteiger partial charge in [-0.15, -0.1) is 12.3 Å². The van der Waals surface area contributed by atoms with Gasteiger partial charge in [0.05, 0.1) is 6.54 Å². The lowest BCUT2D eigenvalue weighted by Gasteiger charge is -2.24. The van der Waals surface area contributed by atoms with Crippen LogP contribution in [-0.4, -0.2) is 30.3 Å².